The first-order chi connectivity index (χ1) is 8.76. The van der Waals surface area contributed by atoms with Crippen molar-refractivity contribution in [3.63, 3.8) is 0 Å². The zero-order valence-corrected chi connectivity index (χ0v) is 11.6. The van der Waals surface area contributed by atoms with E-state index in [2.05, 4.69) is 11.8 Å². The Morgan fingerprint density at radius 1 is 1.28 bits per heavy atom. The molecule has 3 N–H and O–H groups in total. The molecule has 0 spiro atoms. The topological polar surface area (TPSA) is 58.7 Å². The molecule has 2 fully saturated rings. The summed E-state index contributed by atoms with van der Waals surface area (Å²) >= 11 is 0. The quantitative estimate of drug-likeness (QED) is 0.739. The van der Waals surface area contributed by atoms with Gasteiger partial charge in [0.2, 0.25) is 0 Å². The molecule has 1 saturated heterocycles. The van der Waals surface area contributed by atoms with Gasteiger partial charge in [-0.15, -0.1) is 0 Å². The van der Waals surface area contributed by atoms with Crippen molar-refractivity contribution in [2.45, 2.75) is 57.2 Å². The van der Waals surface area contributed by atoms with Gasteiger partial charge in [0.05, 0.1) is 19.3 Å². The summed E-state index contributed by atoms with van der Waals surface area (Å²) < 4.78 is 5.64. The van der Waals surface area contributed by atoms with Crippen LogP contribution in [0.15, 0.2) is 0 Å². The van der Waals surface area contributed by atoms with Crippen molar-refractivity contribution in [3.8, 4) is 0 Å². The average molecular weight is 256 g/mol. The van der Waals surface area contributed by atoms with Crippen LogP contribution in [0, 0.1) is 5.92 Å². The lowest BCUT2D eigenvalue weighted by molar-refractivity contribution is -0.0986. The molecule has 4 atom stereocenters. The van der Waals surface area contributed by atoms with Crippen LogP contribution in [0.3, 0.4) is 0 Å². The highest BCUT2D eigenvalue weighted by Gasteiger charge is 2.35. The zero-order chi connectivity index (χ0) is 13.0. The number of morpholine rings is 1. The van der Waals surface area contributed by atoms with E-state index in [0.29, 0.717) is 18.0 Å². The average Bonchev–Trinajstić information content (AvgIpc) is 2.64. The van der Waals surface area contributed by atoms with Gasteiger partial charge in [0.1, 0.15) is 0 Å². The van der Waals surface area contributed by atoms with Gasteiger partial charge in [-0.2, -0.15) is 0 Å². The monoisotopic (exact) mass is 256 g/mol. The van der Waals surface area contributed by atoms with Crippen molar-refractivity contribution in [2.24, 2.45) is 11.7 Å². The van der Waals surface area contributed by atoms with Crippen LogP contribution < -0.4 is 5.73 Å². The molecule has 2 rings (SSSR count). The molecule has 4 unspecified atom stereocenters. The third kappa shape index (κ3) is 3.23. The molecule has 18 heavy (non-hydrogen) atoms. The van der Waals surface area contributed by atoms with Crippen molar-refractivity contribution >= 4 is 0 Å². The molecule has 0 aromatic carbocycles. The van der Waals surface area contributed by atoms with E-state index in [1.165, 1.54) is 32.1 Å². The Kier molecular flexibility index (Phi) is 5.42. The highest BCUT2D eigenvalue weighted by molar-refractivity contribution is 4.88. The molecule has 4 nitrogen and oxygen atoms in total. The fraction of sp³-hybridized carbons (Fsp3) is 1.00. The van der Waals surface area contributed by atoms with Gasteiger partial charge in [-0.05, 0) is 32.2 Å². The molecule has 1 aliphatic carbocycles. The minimum atomic E-state index is -0.0112. The molecule has 0 radical (unpaired) electrons. The first-order valence-corrected chi connectivity index (χ1v) is 7.44. The predicted octanol–water partition coefficient (Wildman–Crippen LogP) is 0.976. The largest absolute Gasteiger partial charge is 0.394 e. The number of ether oxygens (including phenoxy) is 1. The molecule has 0 aromatic rings. The molecule has 1 heterocycles. The van der Waals surface area contributed by atoms with Gasteiger partial charge in [-0.25, -0.2) is 0 Å². The Labute approximate surface area is 110 Å². The Bertz CT molecular complexity index is 250. The summed E-state index contributed by atoms with van der Waals surface area (Å²) in [6.45, 7) is 4.74. The normalized spacial score (nSPS) is 39.5. The minimum absolute atomic E-state index is 0.0112. The van der Waals surface area contributed by atoms with Crippen molar-refractivity contribution in [1.82, 2.24) is 4.90 Å². The first-order valence-electron chi connectivity index (χ1n) is 7.44. The fourth-order valence-electron chi connectivity index (χ4n) is 3.49. The van der Waals surface area contributed by atoms with Gasteiger partial charge in [0, 0.05) is 18.6 Å². The van der Waals surface area contributed by atoms with E-state index in [9.17, 15) is 5.11 Å². The van der Waals surface area contributed by atoms with Crippen LogP contribution >= 0.6 is 0 Å². The maximum Gasteiger partial charge on any atom is 0.0933 e. The second-order valence-electron chi connectivity index (χ2n) is 5.88. The molecule has 1 aliphatic heterocycles. The van der Waals surface area contributed by atoms with Gasteiger partial charge < -0.3 is 15.6 Å². The lowest BCUT2D eigenvalue weighted by Gasteiger charge is -2.44. The van der Waals surface area contributed by atoms with E-state index in [0.717, 1.165) is 19.7 Å². The van der Waals surface area contributed by atoms with Gasteiger partial charge in [-0.1, -0.05) is 19.3 Å². The molecule has 1 saturated carbocycles. The first kappa shape index (κ1) is 14.3. The summed E-state index contributed by atoms with van der Waals surface area (Å²) in [4.78, 5) is 2.55. The summed E-state index contributed by atoms with van der Waals surface area (Å²) in [7, 11) is 0. The van der Waals surface area contributed by atoms with Gasteiger partial charge >= 0.3 is 0 Å². The molecular weight excluding hydrogens is 228 g/mol. The summed E-state index contributed by atoms with van der Waals surface area (Å²) in [5.41, 5.74) is 5.98. The molecule has 0 amide bonds. The minimum Gasteiger partial charge on any atom is -0.394 e. The summed E-state index contributed by atoms with van der Waals surface area (Å²) in [6, 6.07) is 1.04. The number of rotatable bonds is 3. The van der Waals surface area contributed by atoms with Gasteiger partial charge in [-0.3, -0.25) is 4.90 Å². The maximum atomic E-state index is 9.30. The van der Waals surface area contributed by atoms with Crippen LogP contribution in [-0.2, 0) is 4.74 Å². The predicted molar refractivity (Wildman–Crippen MR) is 72.4 cm³/mol. The molecule has 106 valence electrons. The van der Waals surface area contributed by atoms with Crippen LogP contribution in [0.25, 0.3) is 0 Å². The van der Waals surface area contributed by atoms with Crippen LogP contribution in [0.2, 0.25) is 0 Å². The number of nitrogens with zero attached hydrogens (tertiary/aromatic N) is 1. The van der Waals surface area contributed by atoms with Crippen LogP contribution in [0.5, 0.6) is 0 Å². The van der Waals surface area contributed by atoms with Gasteiger partial charge in [0.25, 0.3) is 0 Å². The molecule has 2 aliphatic rings. The lowest BCUT2D eigenvalue weighted by Crippen LogP contribution is -2.56. The van der Waals surface area contributed by atoms with Crippen molar-refractivity contribution in [3.05, 3.63) is 0 Å². The SMILES string of the molecule is CC1COC(CO)CN1C1CCCCCC1CN. The third-order valence-corrected chi connectivity index (χ3v) is 4.61. The fourth-order valence-corrected chi connectivity index (χ4v) is 3.49. The number of aliphatic hydroxyl groups excluding tert-OH is 1. The third-order valence-electron chi connectivity index (χ3n) is 4.61. The lowest BCUT2D eigenvalue weighted by atomic mass is 9.91. The number of nitrogens with two attached hydrogens (primary N) is 1. The highest BCUT2D eigenvalue weighted by Crippen LogP contribution is 2.29. The van der Waals surface area contributed by atoms with E-state index >= 15 is 0 Å². The Hall–Kier alpha value is -0.160. The van der Waals surface area contributed by atoms with E-state index in [1.807, 2.05) is 0 Å². The molecule has 0 aromatic heterocycles. The molecule has 4 heteroatoms. The van der Waals surface area contributed by atoms with Crippen molar-refractivity contribution in [2.75, 3.05) is 26.3 Å². The van der Waals surface area contributed by atoms with E-state index in [-0.39, 0.29) is 12.7 Å². The summed E-state index contributed by atoms with van der Waals surface area (Å²) in [5.74, 6) is 0.618. The smallest absolute Gasteiger partial charge is 0.0933 e. The standard InChI is InChI=1S/C14H28N2O2/c1-11-10-18-13(9-17)8-16(11)14-6-4-2-3-5-12(14)7-15/h11-14,17H,2-10,15H2,1H3. The second kappa shape index (κ2) is 6.85. The van der Waals surface area contributed by atoms with Crippen molar-refractivity contribution in [1.29, 1.82) is 0 Å². The van der Waals surface area contributed by atoms with Crippen LogP contribution in [0.1, 0.15) is 39.0 Å². The maximum absolute atomic E-state index is 9.30. The van der Waals surface area contributed by atoms with E-state index in [1.54, 1.807) is 0 Å². The zero-order valence-electron chi connectivity index (χ0n) is 11.6. The van der Waals surface area contributed by atoms with Crippen LogP contribution in [0.4, 0.5) is 0 Å². The second-order valence-corrected chi connectivity index (χ2v) is 5.88. The summed E-state index contributed by atoms with van der Waals surface area (Å²) in [5, 5.41) is 9.30. The Morgan fingerprint density at radius 3 is 2.78 bits per heavy atom. The van der Waals surface area contributed by atoms with Crippen LogP contribution in [-0.4, -0.2) is 54.5 Å². The Morgan fingerprint density at radius 2 is 2.06 bits per heavy atom. The van der Waals surface area contributed by atoms with E-state index < -0.39 is 0 Å². The Balaban J connectivity index is 2.05. The van der Waals surface area contributed by atoms with Gasteiger partial charge in [0.15, 0.2) is 0 Å². The number of hydrogen-bond acceptors (Lipinski definition) is 4. The highest BCUT2D eigenvalue weighted by atomic mass is 16.5. The van der Waals surface area contributed by atoms with E-state index in [4.69, 9.17) is 10.5 Å². The van der Waals surface area contributed by atoms with Crippen molar-refractivity contribution < 1.29 is 9.84 Å². The summed E-state index contributed by atoms with van der Waals surface area (Å²) in [6.07, 6.45) is 6.48. The number of aliphatic hydroxyl groups is 1. The number of hydrogen-bond donors (Lipinski definition) is 2. The molecule has 0 bridgehead atoms. The molecular formula is C14H28N2O2.